The first-order valence-electron chi connectivity index (χ1n) is 14.8. The number of carbonyl (C=O) groups is 2. The lowest BCUT2D eigenvalue weighted by Gasteiger charge is -2.20. The molecule has 0 aliphatic carbocycles. The zero-order valence-corrected chi connectivity index (χ0v) is 28.3. The molecule has 0 radical (unpaired) electrons. The van der Waals surface area contributed by atoms with Crippen LogP contribution in [-0.2, 0) is 0 Å². The molecule has 1 aromatic heterocycles. The summed E-state index contributed by atoms with van der Waals surface area (Å²) < 4.78 is 0. The first-order valence-corrected chi connectivity index (χ1v) is 18.0. The van der Waals surface area contributed by atoms with Gasteiger partial charge in [0.2, 0.25) is 11.9 Å². The number of anilines is 2. The molecule has 2 aliphatic rings. The molecule has 0 saturated carbocycles. The van der Waals surface area contributed by atoms with Crippen molar-refractivity contribution in [2.24, 2.45) is 0 Å². The molecule has 2 N–H and O–H groups in total. The summed E-state index contributed by atoms with van der Waals surface area (Å²) in [6, 6.07) is 0. The first-order chi connectivity index (χ1) is 19.1. The predicted molar refractivity (Wildman–Crippen MR) is 176 cm³/mol. The average molecular weight is 616 g/mol. The zero-order valence-electron chi connectivity index (χ0n) is 25.9. The second-order valence-corrected chi connectivity index (χ2v) is 13.8. The Balaban J connectivity index is 0.000000305. The molecule has 2 aliphatic heterocycles. The molecule has 0 aromatic carbocycles. The Hall–Kier alpha value is -1.40. The van der Waals surface area contributed by atoms with E-state index in [1.165, 1.54) is 86.7 Å². The van der Waals surface area contributed by atoms with Crippen molar-refractivity contribution in [1.29, 1.82) is 0 Å². The topological polar surface area (TPSA) is 103 Å². The van der Waals surface area contributed by atoms with Gasteiger partial charge in [-0.25, -0.2) is 0 Å². The average Bonchev–Trinajstić information content (AvgIpc) is 3.35. The molecule has 2 fully saturated rings. The fourth-order valence-electron chi connectivity index (χ4n) is 4.01. The molecule has 0 atom stereocenters. The van der Waals surface area contributed by atoms with E-state index < -0.39 is 0 Å². The largest absolute Gasteiger partial charge is 0.354 e. The predicted octanol–water partition coefficient (Wildman–Crippen LogP) is 7.71. The minimum Gasteiger partial charge on any atom is -0.354 e. The number of likely N-dealkylation sites (tertiary alicyclic amines) is 2. The van der Waals surface area contributed by atoms with E-state index in [1.807, 2.05) is 36.8 Å². The van der Waals surface area contributed by atoms with Crippen molar-refractivity contribution in [3.63, 3.8) is 0 Å². The normalized spacial score (nSPS) is 15.9. The van der Waals surface area contributed by atoms with Gasteiger partial charge >= 0.3 is 0 Å². The van der Waals surface area contributed by atoms with Crippen molar-refractivity contribution in [1.82, 2.24) is 24.8 Å². The second-order valence-electron chi connectivity index (χ2n) is 10.6. The Morgan fingerprint density at radius 2 is 1.15 bits per heavy atom. The van der Waals surface area contributed by atoms with Gasteiger partial charge in [0.1, 0.15) is 0 Å². The first kappa shape index (κ1) is 36.6. The Morgan fingerprint density at radius 3 is 1.50 bits per heavy atom. The minimum absolute atomic E-state index is 0.0550. The molecule has 2 saturated heterocycles. The molecule has 9 nitrogen and oxygen atoms in total. The summed E-state index contributed by atoms with van der Waals surface area (Å²) in [5.41, 5.74) is -0.0550. The van der Waals surface area contributed by atoms with Gasteiger partial charge in [0.05, 0.1) is 0 Å². The molecular weight excluding hydrogens is 563 g/mol. The van der Waals surface area contributed by atoms with Crippen LogP contribution in [0.15, 0.2) is 5.16 Å². The number of hydrogen-bond acceptors (Lipinski definition) is 10. The highest BCUT2D eigenvalue weighted by molar-refractivity contribution is 8.13. The number of hydrogen-bond donors (Lipinski definition) is 2. The number of carbonyl (C=O) groups excluding carboxylic acids is 2. The van der Waals surface area contributed by atoms with Crippen molar-refractivity contribution in [3.05, 3.63) is 0 Å². The maximum atomic E-state index is 11.4. The second kappa shape index (κ2) is 21.3. The van der Waals surface area contributed by atoms with Crippen LogP contribution in [0.3, 0.4) is 0 Å². The summed E-state index contributed by atoms with van der Waals surface area (Å²) in [5, 5.41) is 7.61. The number of rotatable bonds is 6. The minimum atomic E-state index is -0.0550. The maximum Gasteiger partial charge on any atom is 0.281 e. The molecular formula is C28H53N7O2S3. The summed E-state index contributed by atoms with van der Waals surface area (Å²) >= 11 is 4.37. The van der Waals surface area contributed by atoms with E-state index in [-0.39, 0.29) is 16.0 Å². The molecule has 0 bridgehead atoms. The van der Waals surface area contributed by atoms with Crippen molar-refractivity contribution >= 4 is 57.7 Å². The summed E-state index contributed by atoms with van der Waals surface area (Å²) in [6.07, 6.45) is 11.9. The number of nitrogens with zero attached hydrogens (tertiary/aromatic N) is 5. The molecule has 230 valence electrons. The van der Waals surface area contributed by atoms with Crippen molar-refractivity contribution in [2.75, 3.05) is 61.1 Å². The lowest BCUT2D eigenvalue weighted by Crippen LogP contribution is -2.28. The fraction of sp³-hybridized carbons (Fsp3) is 0.821. The molecule has 0 unspecified atom stereocenters. The monoisotopic (exact) mass is 615 g/mol. The van der Waals surface area contributed by atoms with Gasteiger partial charge in [0.25, 0.3) is 10.5 Å². The maximum absolute atomic E-state index is 11.4. The van der Waals surface area contributed by atoms with Gasteiger partial charge in [-0.3, -0.25) is 9.59 Å². The smallest absolute Gasteiger partial charge is 0.281 e. The molecule has 1 aromatic rings. The van der Waals surface area contributed by atoms with E-state index in [4.69, 9.17) is 0 Å². The van der Waals surface area contributed by atoms with E-state index >= 15 is 0 Å². The number of aromatic nitrogens is 3. The van der Waals surface area contributed by atoms with E-state index in [0.717, 1.165) is 49.4 Å². The van der Waals surface area contributed by atoms with Crippen LogP contribution in [0.4, 0.5) is 21.5 Å². The molecule has 3 rings (SSSR count). The molecule has 3 heterocycles. The van der Waals surface area contributed by atoms with Crippen LogP contribution in [0.25, 0.3) is 0 Å². The van der Waals surface area contributed by atoms with Gasteiger partial charge < -0.3 is 20.4 Å². The summed E-state index contributed by atoms with van der Waals surface area (Å²) in [5.74, 6) is 3.03. The SMILES string of the molecule is CCNc1nc(NC(C)(C)C)nc(SC)n1.CCSC(=O)N1CCCCCC1.CCSC(=O)N1CCCCCC1. The Morgan fingerprint density at radius 1 is 0.725 bits per heavy atom. The molecule has 40 heavy (non-hydrogen) atoms. The Bertz CT molecular complexity index is 806. The number of amides is 2. The van der Waals surface area contributed by atoms with E-state index in [1.54, 1.807) is 0 Å². The zero-order chi connectivity index (χ0) is 29.8. The Kier molecular flexibility index (Phi) is 19.5. The summed E-state index contributed by atoms with van der Waals surface area (Å²) in [7, 11) is 0. The third-order valence-corrected chi connectivity index (χ3v) is 8.02. The fourth-order valence-corrected chi connectivity index (χ4v) is 5.59. The quantitative estimate of drug-likeness (QED) is 0.309. The Labute approximate surface area is 256 Å². The molecule has 12 heteroatoms. The van der Waals surface area contributed by atoms with Crippen molar-refractivity contribution < 1.29 is 9.59 Å². The summed E-state index contributed by atoms with van der Waals surface area (Å²) in [6.45, 7) is 17.0. The highest BCUT2D eigenvalue weighted by Crippen LogP contribution is 2.17. The van der Waals surface area contributed by atoms with E-state index in [2.05, 4.69) is 46.4 Å². The van der Waals surface area contributed by atoms with Gasteiger partial charge in [-0.1, -0.05) is 74.8 Å². The highest BCUT2D eigenvalue weighted by Gasteiger charge is 2.16. The van der Waals surface area contributed by atoms with E-state index in [0.29, 0.717) is 11.9 Å². The van der Waals surface area contributed by atoms with Crippen LogP contribution in [0, 0.1) is 0 Å². The van der Waals surface area contributed by atoms with Gasteiger partial charge in [0.15, 0.2) is 5.16 Å². The lowest BCUT2D eigenvalue weighted by atomic mass is 10.1. The van der Waals surface area contributed by atoms with Crippen LogP contribution >= 0.6 is 35.3 Å². The van der Waals surface area contributed by atoms with Crippen molar-refractivity contribution in [2.45, 2.75) is 104 Å². The molecule has 0 spiro atoms. The third kappa shape index (κ3) is 16.8. The van der Waals surface area contributed by atoms with Gasteiger partial charge in [0, 0.05) is 38.3 Å². The number of thioether (sulfide) groups is 3. The highest BCUT2D eigenvalue weighted by atomic mass is 32.2. The number of nitrogens with one attached hydrogen (secondary N) is 2. The van der Waals surface area contributed by atoms with Crippen molar-refractivity contribution in [3.8, 4) is 0 Å². The van der Waals surface area contributed by atoms with Gasteiger partial charge in [-0.2, -0.15) is 15.0 Å². The van der Waals surface area contributed by atoms with Crippen LogP contribution in [0.2, 0.25) is 0 Å². The van der Waals surface area contributed by atoms with Crippen LogP contribution in [0.5, 0.6) is 0 Å². The van der Waals surface area contributed by atoms with Gasteiger partial charge in [-0.15, -0.1) is 0 Å². The van der Waals surface area contributed by atoms with Gasteiger partial charge in [-0.05, 0) is 71.1 Å². The molecule has 2 amide bonds. The third-order valence-electron chi connectivity index (χ3n) is 5.88. The summed E-state index contributed by atoms with van der Waals surface area (Å²) in [4.78, 5) is 39.8. The lowest BCUT2D eigenvalue weighted by molar-refractivity contribution is 0.224. The van der Waals surface area contributed by atoms with Crippen LogP contribution in [-0.4, -0.2) is 91.3 Å². The van der Waals surface area contributed by atoms with E-state index in [9.17, 15) is 9.59 Å². The standard InChI is InChI=1S/C10H19N5S.2C9H17NOS/c1-6-11-7-12-8(15-10(2,3)4)14-9(13-7)16-5;2*1-2-12-9(11)10-7-5-3-4-6-8-10/h6H2,1-5H3,(H2,11,12,13,14,15);2*2-8H2,1H3. The van der Waals surface area contributed by atoms with Crippen LogP contribution < -0.4 is 10.6 Å². The van der Waals surface area contributed by atoms with Crippen LogP contribution in [0.1, 0.15) is 92.9 Å².